The van der Waals surface area contributed by atoms with Crippen LogP contribution >= 0.6 is 11.6 Å². The lowest BCUT2D eigenvalue weighted by atomic mass is 10.2. The highest BCUT2D eigenvalue weighted by atomic mass is 35.5. The molecule has 0 saturated heterocycles. The van der Waals surface area contributed by atoms with Crippen LogP contribution in [0.3, 0.4) is 0 Å². The van der Waals surface area contributed by atoms with Crippen molar-refractivity contribution in [3.8, 4) is 6.07 Å². The van der Waals surface area contributed by atoms with Crippen LogP contribution in [0.5, 0.6) is 0 Å². The SMILES string of the molecule is N#Cc1ccc(CS(=O)(=O)c2ccc(F)cc2)c(Cl)c1. The fourth-order valence-corrected chi connectivity index (χ4v) is 3.37. The van der Waals surface area contributed by atoms with E-state index in [1.807, 2.05) is 6.07 Å². The molecule has 0 radical (unpaired) electrons. The molecule has 0 amide bonds. The van der Waals surface area contributed by atoms with E-state index in [0.29, 0.717) is 11.1 Å². The zero-order chi connectivity index (χ0) is 14.8. The van der Waals surface area contributed by atoms with Crippen molar-refractivity contribution in [1.29, 1.82) is 5.26 Å². The molecule has 2 aromatic carbocycles. The molecule has 6 heteroatoms. The Kier molecular flexibility index (Phi) is 4.07. The van der Waals surface area contributed by atoms with Gasteiger partial charge in [0.15, 0.2) is 9.84 Å². The Morgan fingerprint density at radius 3 is 2.35 bits per heavy atom. The van der Waals surface area contributed by atoms with Gasteiger partial charge >= 0.3 is 0 Å². The molecule has 0 aliphatic heterocycles. The van der Waals surface area contributed by atoms with E-state index in [1.165, 1.54) is 30.3 Å². The van der Waals surface area contributed by atoms with Crippen molar-refractivity contribution >= 4 is 21.4 Å². The molecule has 0 bridgehead atoms. The Morgan fingerprint density at radius 2 is 1.80 bits per heavy atom. The number of rotatable bonds is 3. The molecule has 0 aliphatic rings. The first-order valence-corrected chi connectivity index (χ1v) is 7.62. The summed E-state index contributed by atoms with van der Waals surface area (Å²) in [6.07, 6.45) is 0. The molecule has 0 saturated carbocycles. The van der Waals surface area contributed by atoms with Crippen LogP contribution in [0, 0.1) is 17.1 Å². The third-order valence-corrected chi connectivity index (χ3v) is 4.73. The van der Waals surface area contributed by atoms with Crippen molar-refractivity contribution in [3.05, 3.63) is 64.4 Å². The first kappa shape index (κ1) is 14.5. The number of benzene rings is 2. The summed E-state index contributed by atoms with van der Waals surface area (Å²) in [6, 6.07) is 10.9. The molecule has 0 N–H and O–H groups in total. The minimum absolute atomic E-state index is 0.0272. The van der Waals surface area contributed by atoms with E-state index in [9.17, 15) is 12.8 Å². The summed E-state index contributed by atoms with van der Waals surface area (Å²) in [5, 5.41) is 8.94. The average Bonchev–Trinajstić information content (AvgIpc) is 2.41. The molecular weight excluding hydrogens is 301 g/mol. The normalized spacial score (nSPS) is 11.1. The van der Waals surface area contributed by atoms with Crippen molar-refractivity contribution in [3.63, 3.8) is 0 Å². The fourth-order valence-electron chi connectivity index (χ4n) is 1.66. The lowest BCUT2D eigenvalue weighted by molar-refractivity contribution is 0.594. The van der Waals surface area contributed by atoms with Crippen LogP contribution in [0.15, 0.2) is 47.4 Å². The number of nitrogens with zero attached hydrogens (tertiary/aromatic N) is 1. The molecule has 3 nitrogen and oxygen atoms in total. The maximum Gasteiger partial charge on any atom is 0.182 e. The van der Waals surface area contributed by atoms with Gasteiger partial charge in [0.1, 0.15) is 5.82 Å². The molecule has 2 rings (SSSR count). The zero-order valence-electron chi connectivity index (χ0n) is 10.2. The van der Waals surface area contributed by atoms with Gasteiger partial charge in [-0.15, -0.1) is 0 Å². The third-order valence-electron chi connectivity index (χ3n) is 2.70. The van der Waals surface area contributed by atoms with Crippen molar-refractivity contribution in [2.24, 2.45) is 0 Å². The van der Waals surface area contributed by atoms with E-state index in [-0.39, 0.29) is 15.7 Å². The van der Waals surface area contributed by atoms with Crippen molar-refractivity contribution in [2.75, 3.05) is 0 Å². The Labute approximate surface area is 121 Å². The topological polar surface area (TPSA) is 57.9 Å². The lowest BCUT2D eigenvalue weighted by Gasteiger charge is -2.06. The number of halogens is 2. The van der Waals surface area contributed by atoms with Crippen LogP contribution in [-0.4, -0.2) is 8.42 Å². The number of hydrogen-bond acceptors (Lipinski definition) is 3. The van der Waals surface area contributed by atoms with Crippen LogP contribution < -0.4 is 0 Å². The standard InChI is InChI=1S/C14H9ClFNO2S/c15-14-7-10(8-17)1-2-11(14)9-20(18,19)13-5-3-12(16)4-6-13/h1-7H,9H2. The van der Waals surface area contributed by atoms with E-state index < -0.39 is 15.7 Å². The van der Waals surface area contributed by atoms with Gasteiger partial charge in [0, 0.05) is 5.02 Å². The summed E-state index contributed by atoms with van der Waals surface area (Å²) < 4.78 is 37.1. The van der Waals surface area contributed by atoms with Crippen LogP contribution in [0.4, 0.5) is 4.39 Å². The molecule has 0 heterocycles. The summed E-state index contributed by atoms with van der Waals surface area (Å²) in [5.74, 6) is -0.802. The summed E-state index contributed by atoms with van der Waals surface area (Å²) in [4.78, 5) is 0.0272. The lowest BCUT2D eigenvalue weighted by Crippen LogP contribution is -2.05. The van der Waals surface area contributed by atoms with Gasteiger partial charge < -0.3 is 0 Å². The monoisotopic (exact) mass is 309 g/mol. The minimum atomic E-state index is -3.61. The Balaban J connectivity index is 2.34. The van der Waals surface area contributed by atoms with E-state index in [0.717, 1.165) is 12.1 Å². The molecule has 0 atom stereocenters. The Morgan fingerprint density at radius 1 is 1.15 bits per heavy atom. The van der Waals surface area contributed by atoms with Crippen LogP contribution in [-0.2, 0) is 15.6 Å². The van der Waals surface area contributed by atoms with E-state index in [2.05, 4.69) is 0 Å². The predicted octanol–water partition coefficient (Wildman–Crippen LogP) is 3.32. The van der Waals surface area contributed by atoms with Gasteiger partial charge in [-0.1, -0.05) is 17.7 Å². The minimum Gasteiger partial charge on any atom is -0.223 e. The van der Waals surface area contributed by atoms with Gasteiger partial charge in [-0.3, -0.25) is 0 Å². The molecule has 0 unspecified atom stereocenters. The van der Waals surface area contributed by atoms with Gasteiger partial charge in [-0.05, 0) is 42.0 Å². The second kappa shape index (κ2) is 5.61. The van der Waals surface area contributed by atoms with E-state index in [4.69, 9.17) is 16.9 Å². The maximum atomic E-state index is 12.8. The van der Waals surface area contributed by atoms with Gasteiger partial charge in [0.05, 0.1) is 22.3 Å². The van der Waals surface area contributed by atoms with Gasteiger partial charge in [-0.25, -0.2) is 12.8 Å². The second-order valence-electron chi connectivity index (χ2n) is 4.13. The van der Waals surface area contributed by atoms with Gasteiger partial charge in [-0.2, -0.15) is 5.26 Å². The molecule has 0 aromatic heterocycles. The van der Waals surface area contributed by atoms with Gasteiger partial charge in [0.25, 0.3) is 0 Å². The van der Waals surface area contributed by atoms with E-state index >= 15 is 0 Å². The smallest absolute Gasteiger partial charge is 0.182 e. The van der Waals surface area contributed by atoms with Crippen molar-refractivity contribution in [1.82, 2.24) is 0 Å². The Bertz CT molecular complexity index is 780. The molecule has 20 heavy (non-hydrogen) atoms. The number of hydrogen-bond donors (Lipinski definition) is 0. The third kappa shape index (κ3) is 3.16. The van der Waals surface area contributed by atoms with Gasteiger partial charge in [0.2, 0.25) is 0 Å². The summed E-state index contributed by atoms with van der Waals surface area (Å²) in [5.41, 5.74) is 0.757. The Hall–Kier alpha value is -1.90. The quantitative estimate of drug-likeness (QED) is 0.817. The van der Waals surface area contributed by atoms with Crippen LogP contribution in [0.25, 0.3) is 0 Å². The second-order valence-corrected chi connectivity index (χ2v) is 6.53. The number of nitriles is 1. The highest BCUT2D eigenvalue weighted by Gasteiger charge is 2.17. The molecule has 0 fully saturated rings. The van der Waals surface area contributed by atoms with Crippen molar-refractivity contribution < 1.29 is 12.8 Å². The molecule has 102 valence electrons. The first-order chi connectivity index (χ1) is 9.42. The van der Waals surface area contributed by atoms with E-state index in [1.54, 1.807) is 0 Å². The summed E-state index contributed by atoms with van der Waals surface area (Å²) in [6.45, 7) is 0. The van der Waals surface area contributed by atoms with Crippen LogP contribution in [0.1, 0.15) is 11.1 Å². The molecule has 0 aliphatic carbocycles. The maximum absolute atomic E-state index is 12.8. The number of sulfone groups is 1. The largest absolute Gasteiger partial charge is 0.223 e. The highest BCUT2D eigenvalue weighted by molar-refractivity contribution is 7.90. The molecular formula is C14H9ClFNO2S. The molecule has 0 spiro atoms. The predicted molar refractivity (Wildman–Crippen MR) is 73.5 cm³/mol. The summed E-state index contributed by atoms with van der Waals surface area (Å²) in [7, 11) is -3.61. The average molecular weight is 310 g/mol. The van der Waals surface area contributed by atoms with Crippen LogP contribution in [0.2, 0.25) is 5.02 Å². The first-order valence-electron chi connectivity index (χ1n) is 5.59. The molecule has 2 aromatic rings. The van der Waals surface area contributed by atoms with Crippen molar-refractivity contribution in [2.45, 2.75) is 10.6 Å². The fraction of sp³-hybridized carbons (Fsp3) is 0.0714. The summed E-state index contributed by atoms with van der Waals surface area (Å²) >= 11 is 5.95. The highest BCUT2D eigenvalue weighted by Crippen LogP contribution is 2.23. The zero-order valence-corrected chi connectivity index (χ0v) is 11.7.